The summed E-state index contributed by atoms with van der Waals surface area (Å²) in [4.78, 5) is 27.3. The van der Waals surface area contributed by atoms with Gasteiger partial charge in [-0.3, -0.25) is 14.5 Å². The number of aliphatic hydroxyl groups excluding tert-OH is 2. The van der Waals surface area contributed by atoms with E-state index < -0.39 is 39.9 Å². The minimum absolute atomic E-state index is 0.00447. The second kappa shape index (κ2) is 11.3. The van der Waals surface area contributed by atoms with Crippen molar-refractivity contribution in [1.82, 2.24) is 19.8 Å². The smallest absolute Gasteiger partial charge is 0.239 e. The van der Waals surface area contributed by atoms with Crippen LogP contribution in [0.3, 0.4) is 0 Å². The maximum atomic E-state index is 12.9. The van der Waals surface area contributed by atoms with Crippen LogP contribution < -0.4 is 10.6 Å². The molecule has 2 aliphatic rings. The molecule has 0 spiro atoms. The van der Waals surface area contributed by atoms with Crippen molar-refractivity contribution in [2.45, 2.75) is 69.9 Å². The molecule has 2 amide bonds. The van der Waals surface area contributed by atoms with E-state index in [4.69, 9.17) is 11.6 Å². The molecule has 3 rings (SSSR count). The Morgan fingerprint density at radius 1 is 1.25 bits per heavy atom. The molecule has 1 heterocycles. The van der Waals surface area contributed by atoms with Gasteiger partial charge in [0.1, 0.15) is 6.04 Å². The summed E-state index contributed by atoms with van der Waals surface area (Å²) in [5.41, 5.74) is 1.23. The lowest BCUT2D eigenvalue weighted by Gasteiger charge is -2.41. The van der Waals surface area contributed by atoms with Gasteiger partial charge in [-0.2, -0.15) is 4.31 Å². The van der Waals surface area contributed by atoms with Crippen molar-refractivity contribution < 1.29 is 28.2 Å². The van der Waals surface area contributed by atoms with Crippen molar-refractivity contribution in [2.24, 2.45) is 0 Å². The van der Waals surface area contributed by atoms with Gasteiger partial charge in [0.25, 0.3) is 0 Å². The standard InChI is InChI=1S/C24H37ClN4O6S/c1-24(2,3)27-23(33)19-14-29(36(4,34)35)10-9-28(19)13-17(30)7-8-21(32)26-22-18-12-16(25)6-5-15(18)11-20(22)31/h5-6,12,17,19-20,22,30-31H,7-11,13-14H2,1-4H3,(H,26,32)(H,27,33)/t17-,19-,20+,22-/m0/s1. The first kappa shape index (κ1) is 28.8. The number of hydrogen-bond donors (Lipinski definition) is 4. The van der Waals surface area contributed by atoms with Crippen LogP contribution in [0.15, 0.2) is 18.2 Å². The average Bonchev–Trinajstić information content (AvgIpc) is 3.05. The molecular formula is C24H37ClN4O6S. The third-order valence-electron chi connectivity index (χ3n) is 6.45. The lowest BCUT2D eigenvalue weighted by atomic mass is 10.1. The number of carbonyl (C=O) groups excluding carboxylic acids is 2. The third-order valence-corrected chi connectivity index (χ3v) is 7.95. The number of carbonyl (C=O) groups is 2. The summed E-state index contributed by atoms with van der Waals surface area (Å²) in [5, 5.41) is 27.3. The largest absolute Gasteiger partial charge is 0.392 e. The Balaban J connectivity index is 1.57. The number of aliphatic hydroxyl groups is 2. The zero-order valence-electron chi connectivity index (χ0n) is 21.2. The molecule has 1 aliphatic carbocycles. The molecule has 202 valence electrons. The van der Waals surface area contributed by atoms with E-state index in [1.165, 1.54) is 4.31 Å². The van der Waals surface area contributed by atoms with Gasteiger partial charge in [0, 0.05) is 49.6 Å². The van der Waals surface area contributed by atoms with Crippen molar-refractivity contribution in [3.05, 3.63) is 34.3 Å². The van der Waals surface area contributed by atoms with E-state index in [1.54, 1.807) is 17.0 Å². The molecule has 0 aromatic heterocycles. The molecule has 0 radical (unpaired) electrons. The van der Waals surface area contributed by atoms with Crippen LogP contribution in [0.2, 0.25) is 5.02 Å². The van der Waals surface area contributed by atoms with E-state index in [9.17, 15) is 28.2 Å². The van der Waals surface area contributed by atoms with Crippen LogP contribution in [0.1, 0.15) is 50.8 Å². The highest BCUT2D eigenvalue weighted by molar-refractivity contribution is 7.88. The molecule has 1 aromatic carbocycles. The molecule has 0 bridgehead atoms. The third kappa shape index (κ3) is 7.62. The van der Waals surface area contributed by atoms with Gasteiger partial charge in [0.15, 0.2) is 0 Å². The quantitative estimate of drug-likeness (QED) is 0.372. The van der Waals surface area contributed by atoms with E-state index in [0.717, 1.165) is 17.4 Å². The molecule has 12 heteroatoms. The van der Waals surface area contributed by atoms with Gasteiger partial charge >= 0.3 is 0 Å². The molecule has 36 heavy (non-hydrogen) atoms. The Bertz CT molecular complexity index is 1080. The number of hydrogen-bond acceptors (Lipinski definition) is 7. The molecule has 1 fully saturated rings. The first-order chi connectivity index (χ1) is 16.6. The molecule has 10 nitrogen and oxygen atoms in total. The number of fused-ring (bicyclic) bond motifs is 1. The Labute approximate surface area is 218 Å². The summed E-state index contributed by atoms with van der Waals surface area (Å²) in [6.45, 7) is 6.14. The number of rotatable bonds is 8. The topological polar surface area (TPSA) is 139 Å². The molecule has 4 N–H and O–H groups in total. The van der Waals surface area contributed by atoms with E-state index >= 15 is 0 Å². The highest BCUT2D eigenvalue weighted by atomic mass is 35.5. The summed E-state index contributed by atoms with van der Waals surface area (Å²) in [6.07, 6.45) is 0.0700. The minimum Gasteiger partial charge on any atom is -0.392 e. The summed E-state index contributed by atoms with van der Waals surface area (Å²) in [5.74, 6) is -0.622. The molecular weight excluding hydrogens is 508 g/mol. The van der Waals surface area contributed by atoms with Crippen LogP contribution in [-0.4, -0.2) is 95.9 Å². The number of piperazine rings is 1. The number of halogens is 1. The monoisotopic (exact) mass is 544 g/mol. The SMILES string of the molecule is CC(C)(C)NC(=O)[C@@H]1CN(S(C)(=O)=O)CCN1C[C@@H](O)CCC(=O)N[C@H]1c2cc(Cl)ccc2C[C@H]1O. The average molecular weight is 545 g/mol. The van der Waals surface area contributed by atoms with Crippen molar-refractivity contribution in [2.75, 3.05) is 32.4 Å². The number of benzene rings is 1. The summed E-state index contributed by atoms with van der Waals surface area (Å²) in [6, 6.07) is 4.01. The van der Waals surface area contributed by atoms with Crippen molar-refractivity contribution >= 4 is 33.4 Å². The maximum Gasteiger partial charge on any atom is 0.239 e. The second-order valence-corrected chi connectivity index (χ2v) is 13.1. The van der Waals surface area contributed by atoms with Gasteiger partial charge in [0.2, 0.25) is 21.8 Å². The summed E-state index contributed by atoms with van der Waals surface area (Å²) >= 11 is 6.07. The molecule has 1 saturated heterocycles. The highest BCUT2D eigenvalue weighted by Gasteiger charge is 2.38. The van der Waals surface area contributed by atoms with E-state index in [1.807, 2.05) is 26.8 Å². The molecule has 0 unspecified atom stereocenters. The highest BCUT2D eigenvalue weighted by Crippen LogP contribution is 2.33. The predicted molar refractivity (Wildman–Crippen MR) is 137 cm³/mol. The zero-order chi connectivity index (χ0) is 26.8. The predicted octanol–water partition coefficient (Wildman–Crippen LogP) is 0.416. The van der Waals surface area contributed by atoms with Gasteiger partial charge in [0.05, 0.1) is 24.5 Å². The van der Waals surface area contributed by atoms with E-state index in [-0.39, 0.29) is 50.8 Å². The fourth-order valence-corrected chi connectivity index (χ4v) is 5.69. The van der Waals surface area contributed by atoms with Crippen LogP contribution in [0.25, 0.3) is 0 Å². The minimum atomic E-state index is -3.47. The Morgan fingerprint density at radius 3 is 2.58 bits per heavy atom. The van der Waals surface area contributed by atoms with Gasteiger partial charge in [-0.05, 0) is 50.5 Å². The van der Waals surface area contributed by atoms with Crippen molar-refractivity contribution in [3.8, 4) is 0 Å². The number of β-amino-alcohol motifs (C(OH)–C–C–N with tert-alkyl or cyclic N) is 1. The summed E-state index contributed by atoms with van der Waals surface area (Å²) in [7, 11) is -3.47. The van der Waals surface area contributed by atoms with Gasteiger partial charge in [-0.15, -0.1) is 0 Å². The molecule has 1 aromatic rings. The number of nitrogens with one attached hydrogen (secondary N) is 2. The normalized spacial score (nSPS) is 24.2. The fraction of sp³-hybridized carbons (Fsp3) is 0.667. The van der Waals surface area contributed by atoms with Crippen LogP contribution >= 0.6 is 11.6 Å². The van der Waals surface area contributed by atoms with Gasteiger partial charge < -0.3 is 20.8 Å². The van der Waals surface area contributed by atoms with Crippen LogP contribution in [0, 0.1) is 0 Å². The van der Waals surface area contributed by atoms with Crippen molar-refractivity contribution in [3.63, 3.8) is 0 Å². The van der Waals surface area contributed by atoms with Gasteiger partial charge in [-0.25, -0.2) is 8.42 Å². The Morgan fingerprint density at radius 2 is 1.94 bits per heavy atom. The number of amides is 2. The van der Waals surface area contributed by atoms with Crippen LogP contribution in [0.4, 0.5) is 0 Å². The lowest BCUT2D eigenvalue weighted by molar-refractivity contribution is -0.130. The zero-order valence-corrected chi connectivity index (χ0v) is 22.8. The van der Waals surface area contributed by atoms with E-state index in [0.29, 0.717) is 11.4 Å². The van der Waals surface area contributed by atoms with Crippen LogP contribution in [0.5, 0.6) is 0 Å². The lowest BCUT2D eigenvalue weighted by Crippen LogP contribution is -2.62. The van der Waals surface area contributed by atoms with Crippen molar-refractivity contribution in [1.29, 1.82) is 0 Å². The van der Waals surface area contributed by atoms with Gasteiger partial charge in [-0.1, -0.05) is 17.7 Å². The second-order valence-electron chi connectivity index (χ2n) is 10.7. The fourth-order valence-electron chi connectivity index (χ4n) is 4.69. The maximum absolute atomic E-state index is 12.9. The number of nitrogens with zero attached hydrogens (tertiary/aromatic N) is 2. The summed E-state index contributed by atoms with van der Waals surface area (Å²) < 4.78 is 25.4. The number of sulfonamides is 1. The van der Waals surface area contributed by atoms with Crippen LogP contribution in [-0.2, 0) is 26.0 Å². The Hall–Kier alpha value is -1.76. The Kier molecular flexibility index (Phi) is 9.06. The first-order valence-electron chi connectivity index (χ1n) is 12.1. The first-order valence-corrected chi connectivity index (χ1v) is 14.3. The molecule has 0 saturated carbocycles. The molecule has 1 aliphatic heterocycles. The van der Waals surface area contributed by atoms with E-state index in [2.05, 4.69) is 10.6 Å². The molecule has 4 atom stereocenters.